The Balaban J connectivity index is 0.000000422. The molecule has 0 bridgehead atoms. The molecule has 0 spiro atoms. The van der Waals surface area contributed by atoms with Crippen molar-refractivity contribution in [3.05, 3.63) is 18.2 Å². The molecule has 8 heteroatoms. The second kappa shape index (κ2) is 8.60. The van der Waals surface area contributed by atoms with Gasteiger partial charge in [-0.2, -0.15) is 11.8 Å². The molecule has 7 nitrogen and oxygen atoms in total. The largest absolute Gasteiger partial charge is 0.504 e. The fourth-order valence-corrected chi connectivity index (χ4v) is 2.29. The Bertz CT molecular complexity index is 498. The summed E-state index contributed by atoms with van der Waals surface area (Å²) in [5.41, 5.74) is 0. The molecule has 22 heavy (non-hydrogen) atoms. The van der Waals surface area contributed by atoms with Crippen molar-refractivity contribution >= 4 is 17.9 Å². The van der Waals surface area contributed by atoms with Gasteiger partial charge in [-0.25, -0.2) is 4.79 Å². The first-order chi connectivity index (χ1) is 10.5. The van der Waals surface area contributed by atoms with E-state index in [1.807, 2.05) is 12.2 Å². The van der Waals surface area contributed by atoms with Crippen LogP contribution in [0.4, 0.5) is 4.79 Å². The minimum Gasteiger partial charge on any atom is -0.504 e. The Hall–Kier alpha value is -1.80. The maximum absolute atomic E-state index is 9.69. The summed E-state index contributed by atoms with van der Waals surface area (Å²) >= 11 is 1.66. The number of nitrogens with one attached hydrogen (secondary N) is 1. The number of amides is 1. The predicted molar refractivity (Wildman–Crippen MR) is 83.8 cm³/mol. The molecule has 0 aliphatic carbocycles. The van der Waals surface area contributed by atoms with Crippen molar-refractivity contribution in [2.24, 2.45) is 0 Å². The van der Waals surface area contributed by atoms with Gasteiger partial charge in [0, 0.05) is 7.05 Å². The van der Waals surface area contributed by atoms with Gasteiger partial charge in [-0.05, 0) is 24.8 Å². The number of carboxylic acid groups (broad SMARTS) is 1. The number of benzene rings is 1. The molecule has 1 aromatic rings. The number of para-hydroxylation sites is 1. The predicted octanol–water partition coefficient (Wildman–Crippen LogP) is 2.49. The van der Waals surface area contributed by atoms with Gasteiger partial charge >= 0.3 is 12.1 Å². The molecule has 0 radical (unpaired) electrons. The lowest BCUT2D eigenvalue weighted by atomic mass is 10.3. The lowest BCUT2D eigenvalue weighted by Gasteiger charge is -2.26. The molecule has 2 rings (SSSR count). The second-order valence-corrected chi connectivity index (χ2v) is 5.39. The first kappa shape index (κ1) is 18.2. The second-order valence-electron chi connectivity index (χ2n) is 4.12. The van der Waals surface area contributed by atoms with Gasteiger partial charge in [-0.3, -0.25) is 0 Å². The smallest absolute Gasteiger partial charge is 0.404 e. The number of aromatic hydroxyl groups is 1. The van der Waals surface area contributed by atoms with Gasteiger partial charge in [-0.15, -0.1) is 0 Å². The third-order valence-corrected chi connectivity index (χ3v) is 3.51. The van der Waals surface area contributed by atoms with Crippen LogP contribution in [0, 0.1) is 0 Å². The summed E-state index contributed by atoms with van der Waals surface area (Å²) in [6.45, 7) is 4.43. The summed E-state index contributed by atoms with van der Waals surface area (Å²) in [5, 5.41) is 19.2. The van der Waals surface area contributed by atoms with Crippen LogP contribution in [0.3, 0.4) is 0 Å². The molecule has 0 saturated carbocycles. The fraction of sp³-hybridized carbons (Fsp3) is 0.500. The van der Waals surface area contributed by atoms with E-state index in [4.69, 9.17) is 19.3 Å². The van der Waals surface area contributed by atoms with Crippen molar-refractivity contribution in [1.29, 1.82) is 0 Å². The molecule has 0 fully saturated rings. The van der Waals surface area contributed by atoms with Gasteiger partial charge in [0.1, 0.15) is 5.75 Å². The van der Waals surface area contributed by atoms with Crippen molar-refractivity contribution in [3.63, 3.8) is 0 Å². The summed E-state index contributed by atoms with van der Waals surface area (Å²) in [5.74, 6) is 1.37. The Morgan fingerprint density at radius 1 is 1.41 bits per heavy atom. The molecule has 1 aromatic carbocycles. The first-order valence-electron chi connectivity index (χ1n) is 6.80. The Morgan fingerprint density at radius 3 is 2.59 bits per heavy atom. The average Bonchev–Trinajstić information content (AvgIpc) is 2.86. The molecule has 1 aliphatic heterocycles. The van der Waals surface area contributed by atoms with E-state index in [0.29, 0.717) is 23.9 Å². The molecule has 0 aromatic heterocycles. The number of hydrogen-bond donors (Lipinski definition) is 3. The number of hydrogen-bond acceptors (Lipinski definition) is 6. The number of phenolic OH excluding ortho intramolecular Hbond substituents is 1. The van der Waals surface area contributed by atoms with E-state index in [9.17, 15) is 9.90 Å². The van der Waals surface area contributed by atoms with E-state index in [-0.39, 0.29) is 5.75 Å². The minimum absolute atomic E-state index is 0.0746. The zero-order valence-electron chi connectivity index (χ0n) is 12.8. The van der Waals surface area contributed by atoms with Crippen LogP contribution in [0.15, 0.2) is 18.2 Å². The molecule has 3 N–H and O–H groups in total. The number of rotatable bonds is 5. The molecule has 0 saturated heterocycles. The lowest BCUT2D eigenvalue weighted by molar-refractivity contribution is -0.263. The van der Waals surface area contributed by atoms with Crippen LogP contribution >= 0.6 is 11.8 Å². The average molecular weight is 331 g/mol. The molecule has 1 amide bonds. The number of phenols is 1. The fourth-order valence-electron chi connectivity index (χ4n) is 1.64. The van der Waals surface area contributed by atoms with Gasteiger partial charge in [0.15, 0.2) is 11.5 Å². The van der Waals surface area contributed by atoms with Crippen molar-refractivity contribution in [3.8, 4) is 17.2 Å². The van der Waals surface area contributed by atoms with E-state index < -0.39 is 12.1 Å². The lowest BCUT2D eigenvalue weighted by Crippen LogP contribution is -2.44. The minimum atomic E-state index is -1.10. The van der Waals surface area contributed by atoms with Gasteiger partial charge in [0.2, 0.25) is 5.75 Å². The van der Waals surface area contributed by atoms with Crippen molar-refractivity contribution < 1.29 is 29.2 Å². The summed E-state index contributed by atoms with van der Waals surface area (Å²) in [7, 11) is 1.35. The molecule has 124 valence electrons. The first-order valence-corrected chi connectivity index (χ1v) is 7.95. The molecular formula is C14H21NO6S. The maximum atomic E-state index is 9.69. The van der Waals surface area contributed by atoms with E-state index >= 15 is 0 Å². The van der Waals surface area contributed by atoms with E-state index in [1.165, 1.54) is 7.05 Å². The highest BCUT2D eigenvalue weighted by Crippen LogP contribution is 2.46. The number of thioether (sulfide) groups is 1. The van der Waals surface area contributed by atoms with Crippen LogP contribution in [0.5, 0.6) is 17.2 Å². The number of ether oxygens (including phenoxy) is 3. The maximum Gasteiger partial charge on any atom is 0.404 e. The van der Waals surface area contributed by atoms with E-state index in [2.05, 4.69) is 6.92 Å². The molecule has 1 aliphatic rings. The molecule has 1 atom stereocenters. The van der Waals surface area contributed by atoms with Gasteiger partial charge in [-0.1, -0.05) is 13.0 Å². The normalized spacial score (nSPS) is 18.3. The Kier molecular flexibility index (Phi) is 7.13. The number of carbonyl (C=O) groups is 1. The van der Waals surface area contributed by atoms with Crippen LogP contribution in [0.2, 0.25) is 0 Å². The zero-order valence-corrected chi connectivity index (χ0v) is 13.6. The van der Waals surface area contributed by atoms with Crippen LogP contribution in [-0.2, 0) is 4.74 Å². The highest BCUT2D eigenvalue weighted by Gasteiger charge is 2.44. The van der Waals surface area contributed by atoms with Crippen LogP contribution in [0.1, 0.15) is 13.8 Å². The summed E-state index contributed by atoms with van der Waals surface area (Å²) in [6.07, 6.45) is -0.995. The standard InChI is InChI=1S/C12H16O4S.C2H5NO2/c1-3-14-12(8-17-4-2)15-10-7-5-6-9(13)11(10)16-12;1-3-2(4)5/h5-7,13H,3-4,8H2,1-2H3;3H,1H3,(H,4,5). The van der Waals surface area contributed by atoms with Crippen LogP contribution in [0.25, 0.3) is 0 Å². The van der Waals surface area contributed by atoms with Gasteiger partial charge < -0.3 is 29.7 Å². The quantitative estimate of drug-likeness (QED) is 0.762. The Labute approximate surface area is 133 Å². The number of fused-ring (bicyclic) bond motifs is 1. The molecule has 1 unspecified atom stereocenters. The van der Waals surface area contributed by atoms with E-state index in [0.717, 1.165) is 5.75 Å². The highest BCUT2D eigenvalue weighted by atomic mass is 32.2. The third-order valence-electron chi connectivity index (χ3n) is 2.54. The summed E-state index contributed by atoms with van der Waals surface area (Å²) < 4.78 is 16.9. The van der Waals surface area contributed by atoms with Crippen LogP contribution in [-0.4, -0.2) is 47.4 Å². The van der Waals surface area contributed by atoms with Crippen molar-refractivity contribution in [2.75, 3.05) is 25.2 Å². The monoisotopic (exact) mass is 331 g/mol. The van der Waals surface area contributed by atoms with E-state index in [1.54, 1.807) is 30.0 Å². The van der Waals surface area contributed by atoms with Crippen LogP contribution < -0.4 is 14.8 Å². The molecule has 1 heterocycles. The van der Waals surface area contributed by atoms with Crippen molar-refractivity contribution in [2.45, 2.75) is 19.8 Å². The SMILES string of the molecule is CCOC1(CSCC)Oc2cccc(O)c2O1.CNC(=O)O. The Morgan fingerprint density at radius 2 is 2.09 bits per heavy atom. The third kappa shape index (κ3) is 4.88. The van der Waals surface area contributed by atoms with Gasteiger partial charge in [0.05, 0.1) is 6.61 Å². The summed E-state index contributed by atoms with van der Waals surface area (Å²) in [4.78, 5) is 9.26. The highest BCUT2D eigenvalue weighted by molar-refractivity contribution is 7.99. The van der Waals surface area contributed by atoms with Crippen molar-refractivity contribution in [1.82, 2.24) is 5.32 Å². The zero-order chi connectivity index (χ0) is 16.6. The van der Waals surface area contributed by atoms with Gasteiger partial charge in [0.25, 0.3) is 0 Å². The topological polar surface area (TPSA) is 97.3 Å². The summed E-state index contributed by atoms with van der Waals surface area (Å²) in [6, 6.07) is 5.04. The molecular weight excluding hydrogens is 310 g/mol.